The summed E-state index contributed by atoms with van der Waals surface area (Å²) in [5.41, 5.74) is -0.325. The van der Waals surface area contributed by atoms with Gasteiger partial charge in [0, 0.05) is 32.1 Å². The predicted octanol–water partition coefficient (Wildman–Crippen LogP) is 3.15. The van der Waals surface area contributed by atoms with E-state index in [4.69, 9.17) is 0 Å². The molecule has 0 unspecified atom stereocenters. The van der Waals surface area contributed by atoms with Crippen molar-refractivity contribution < 1.29 is 18.3 Å². The summed E-state index contributed by atoms with van der Waals surface area (Å²) in [6, 6.07) is 0. The van der Waals surface area contributed by atoms with Crippen LogP contribution in [0.15, 0.2) is 0 Å². The van der Waals surface area contributed by atoms with E-state index in [1.807, 2.05) is 6.92 Å². The normalized spacial score (nSPS) is 46.9. The Balaban J connectivity index is 1.22. The van der Waals surface area contributed by atoms with Crippen molar-refractivity contribution in [1.29, 1.82) is 0 Å². The van der Waals surface area contributed by atoms with Gasteiger partial charge in [0.15, 0.2) is 0 Å². The van der Waals surface area contributed by atoms with Gasteiger partial charge in [-0.15, -0.1) is 0 Å². The third-order valence-corrected chi connectivity index (χ3v) is 12.1. The third-order valence-electron chi connectivity index (χ3n) is 10.8. The van der Waals surface area contributed by atoms with Crippen LogP contribution in [-0.2, 0) is 14.8 Å². The van der Waals surface area contributed by atoms with E-state index < -0.39 is 15.6 Å². The summed E-state index contributed by atoms with van der Waals surface area (Å²) >= 11 is 0. The highest BCUT2D eigenvalue weighted by Gasteiger charge is 2.58. The van der Waals surface area contributed by atoms with E-state index in [0.29, 0.717) is 50.3 Å². The molecule has 5 fully saturated rings. The van der Waals surface area contributed by atoms with Gasteiger partial charge in [-0.1, -0.05) is 6.92 Å². The van der Waals surface area contributed by atoms with E-state index in [2.05, 4.69) is 11.8 Å². The third kappa shape index (κ3) is 4.45. The molecule has 0 radical (unpaired) electrons. The average molecular weight is 481 g/mol. The van der Waals surface area contributed by atoms with Crippen LogP contribution in [0.25, 0.3) is 0 Å². The summed E-state index contributed by atoms with van der Waals surface area (Å²) in [5.74, 6) is 4.30. The lowest BCUT2D eigenvalue weighted by Crippen LogP contribution is -2.52. The van der Waals surface area contributed by atoms with Gasteiger partial charge in [-0.25, -0.2) is 8.42 Å². The second-order valence-corrected chi connectivity index (χ2v) is 14.7. The summed E-state index contributed by atoms with van der Waals surface area (Å²) in [6.45, 7) is 7.24. The van der Waals surface area contributed by atoms with Crippen molar-refractivity contribution in [2.24, 2.45) is 40.9 Å². The number of aliphatic hydroxyl groups is 1. The number of hydrogen-bond donors (Lipinski definition) is 1. The SMILES string of the molecule is C[C@@]1(O)CC[C@H]2[C@H](CC[C@@H]3[C@@H]2CC[C@]2(C)[C@@H](C(=O)CN4CCN(S(C)(=O)=O)CC4)CC[C@@H]32)C1. The molecule has 0 aromatic rings. The molecule has 0 spiro atoms. The summed E-state index contributed by atoms with van der Waals surface area (Å²) in [7, 11) is -3.14. The maximum atomic E-state index is 13.5. The number of sulfonamides is 1. The van der Waals surface area contributed by atoms with Gasteiger partial charge in [-0.05, 0) is 99.7 Å². The van der Waals surface area contributed by atoms with Crippen molar-refractivity contribution in [1.82, 2.24) is 9.21 Å². The molecule has 0 aromatic heterocycles. The van der Waals surface area contributed by atoms with Crippen LogP contribution in [-0.4, -0.2) is 73.1 Å². The zero-order valence-electron chi connectivity index (χ0n) is 20.8. The minimum absolute atomic E-state index is 0.139. The molecule has 5 aliphatic rings. The quantitative estimate of drug-likeness (QED) is 0.669. The van der Waals surface area contributed by atoms with Crippen LogP contribution in [0.5, 0.6) is 0 Å². The Hall–Kier alpha value is -0.500. The molecule has 5 rings (SSSR count). The summed E-state index contributed by atoms with van der Waals surface area (Å²) in [6.07, 6.45) is 11.6. The Morgan fingerprint density at radius 1 is 0.909 bits per heavy atom. The molecule has 0 aromatic carbocycles. The molecule has 1 heterocycles. The van der Waals surface area contributed by atoms with Gasteiger partial charge in [-0.3, -0.25) is 9.69 Å². The molecule has 7 heteroatoms. The van der Waals surface area contributed by atoms with Crippen molar-refractivity contribution in [3.05, 3.63) is 0 Å². The number of fused-ring (bicyclic) bond motifs is 5. The van der Waals surface area contributed by atoms with Gasteiger partial charge >= 0.3 is 0 Å². The first-order valence-electron chi connectivity index (χ1n) is 13.4. The summed E-state index contributed by atoms with van der Waals surface area (Å²) in [5, 5.41) is 10.6. The second-order valence-electron chi connectivity index (χ2n) is 12.8. The number of carbonyl (C=O) groups excluding carboxylic acids is 1. The zero-order chi connectivity index (χ0) is 23.6. The van der Waals surface area contributed by atoms with E-state index in [-0.39, 0.29) is 11.3 Å². The fourth-order valence-corrected chi connectivity index (χ4v) is 9.99. The highest BCUT2D eigenvalue weighted by molar-refractivity contribution is 7.88. The number of nitrogens with zero attached hydrogens (tertiary/aromatic N) is 2. The maximum absolute atomic E-state index is 13.5. The van der Waals surface area contributed by atoms with E-state index in [1.54, 1.807) is 0 Å². The van der Waals surface area contributed by atoms with Gasteiger partial charge < -0.3 is 5.11 Å². The van der Waals surface area contributed by atoms with E-state index in [9.17, 15) is 18.3 Å². The fourth-order valence-electron chi connectivity index (χ4n) is 9.16. The molecule has 0 bridgehead atoms. The number of piperazine rings is 1. The lowest BCUT2D eigenvalue weighted by molar-refractivity contribution is -0.133. The molecule has 1 N–H and O–H groups in total. The van der Waals surface area contributed by atoms with Crippen molar-refractivity contribution >= 4 is 15.8 Å². The van der Waals surface area contributed by atoms with Crippen LogP contribution in [0.2, 0.25) is 0 Å². The van der Waals surface area contributed by atoms with E-state index >= 15 is 0 Å². The van der Waals surface area contributed by atoms with Crippen molar-refractivity contribution in [3.63, 3.8) is 0 Å². The molecular formula is C26H44N2O4S. The van der Waals surface area contributed by atoms with Crippen LogP contribution >= 0.6 is 0 Å². The highest BCUT2D eigenvalue weighted by atomic mass is 32.2. The van der Waals surface area contributed by atoms with Gasteiger partial charge in [0.1, 0.15) is 5.78 Å². The Morgan fingerprint density at radius 3 is 2.30 bits per heavy atom. The molecule has 0 amide bonds. The van der Waals surface area contributed by atoms with E-state index in [0.717, 1.165) is 37.0 Å². The average Bonchev–Trinajstić information content (AvgIpc) is 3.10. The first-order chi connectivity index (χ1) is 15.5. The van der Waals surface area contributed by atoms with Crippen molar-refractivity contribution in [2.75, 3.05) is 39.0 Å². The molecule has 4 aliphatic carbocycles. The molecule has 1 aliphatic heterocycles. The van der Waals surface area contributed by atoms with Crippen LogP contribution in [0.1, 0.15) is 71.6 Å². The maximum Gasteiger partial charge on any atom is 0.211 e. The zero-order valence-corrected chi connectivity index (χ0v) is 21.7. The number of carbonyl (C=O) groups is 1. The number of Topliss-reactive ketones (excluding diaryl/α,β-unsaturated/α-hetero) is 1. The highest BCUT2D eigenvalue weighted by Crippen LogP contribution is 2.64. The smallest absolute Gasteiger partial charge is 0.211 e. The Morgan fingerprint density at radius 2 is 1.61 bits per heavy atom. The summed E-state index contributed by atoms with van der Waals surface area (Å²) in [4.78, 5) is 15.7. The molecular weight excluding hydrogens is 436 g/mol. The van der Waals surface area contributed by atoms with Crippen molar-refractivity contribution in [3.8, 4) is 0 Å². The van der Waals surface area contributed by atoms with Gasteiger partial charge in [-0.2, -0.15) is 4.31 Å². The van der Waals surface area contributed by atoms with Crippen molar-refractivity contribution in [2.45, 2.75) is 77.2 Å². The number of ketones is 1. The minimum atomic E-state index is -3.14. The standard InChI is InChI=1S/C26H44N2O4S/c1-25(30)10-8-19-18(16-25)4-5-21-20(19)9-11-26(2)22(21)6-7-23(26)24(29)17-27-12-14-28(15-13-27)33(3,31)32/h18-23,30H,4-17H2,1-3H3/t18-,19+,20-,21-,22+,23-,25-,26+/m1/s1. The molecule has 4 saturated carbocycles. The monoisotopic (exact) mass is 480 g/mol. The first kappa shape index (κ1) is 24.2. The molecule has 6 nitrogen and oxygen atoms in total. The van der Waals surface area contributed by atoms with Gasteiger partial charge in [0.05, 0.1) is 18.4 Å². The topological polar surface area (TPSA) is 77.9 Å². The summed E-state index contributed by atoms with van der Waals surface area (Å²) < 4.78 is 25.1. The first-order valence-corrected chi connectivity index (χ1v) is 15.3. The van der Waals surface area contributed by atoms with Crippen LogP contribution in [0, 0.1) is 40.9 Å². The number of rotatable bonds is 4. The Labute approximate surface area is 200 Å². The molecule has 8 atom stereocenters. The van der Waals surface area contributed by atoms with Crippen LogP contribution in [0.4, 0.5) is 0 Å². The lowest BCUT2D eigenvalue weighted by atomic mass is 9.49. The predicted molar refractivity (Wildman–Crippen MR) is 129 cm³/mol. The Bertz CT molecular complexity index is 866. The molecule has 1 saturated heterocycles. The minimum Gasteiger partial charge on any atom is -0.390 e. The fraction of sp³-hybridized carbons (Fsp3) is 0.962. The lowest BCUT2D eigenvalue weighted by Gasteiger charge is -2.57. The van der Waals surface area contributed by atoms with E-state index in [1.165, 1.54) is 49.1 Å². The number of hydrogen-bond acceptors (Lipinski definition) is 5. The second kappa shape index (κ2) is 8.56. The van der Waals surface area contributed by atoms with Crippen LogP contribution in [0.3, 0.4) is 0 Å². The molecule has 33 heavy (non-hydrogen) atoms. The van der Waals surface area contributed by atoms with Gasteiger partial charge in [0.25, 0.3) is 0 Å². The van der Waals surface area contributed by atoms with Crippen LogP contribution < -0.4 is 0 Å². The Kier molecular flexibility index (Phi) is 6.28. The molecule has 188 valence electrons. The van der Waals surface area contributed by atoms with Gasteiger partial charge in [0.2, 0.25) is 10.0 Å². The largest absolute Gasteiger partial charge is 0.390 e.